The third kappa shape index (κ3) is 5.26. The van der Waals surface area contributed by atoms with Gasteiger partial charge in [0.2, 0.25) is 5.91 Å². The van der Waals surface area contributed by atoms with Gasteiger partial charge in [-0.15, -0.1) is 0 Å². The molecule has 0 heterocycles. The standard InChI is InChI=1S/C22H23NO4/c24-20(18-8-7-16-2-1-3-17(16)14-18)11-12-21(25)23-19-9-4-15(5-10-19)6-13-22(26)27/h4-5,7-10,14H,1-3,6,11-13H2,(H,23,25)(H,26,27). The molecule has 0 spiro atoms. The second kappa shape index (κ2) is 8.62. The third-order valence-electron chi connectivity index (χ3n) is 4.86. The monoisotopic (exact) mass is 365 g/mol. The zero-order valence-corrected chi connectivity index (χ0v) is 15.2. The van der Waals surface area contributed by atoms with E-state index in [1.165, 1.54) is 11.1 Å². The molecule has 1 amide bonds. The van der Waals surface area contributed by atoms with Crippen molar-refractivity contribution in [1.82, 2.24) is 0 Å². The first-order valence-electron chi connectivity index (χ1n) is 9.27. The summed E-state index contributed by atoms with van der Waals surface area (Å²) in [7, 11) is 0. The Labute approximate surface area is 158 Å². The number of Topliss-reactive ketones (excluding diaryl/α,β-unsaturated/α-hetero) is 1. The van der Waals surface area contributed by atoms with E-state index in [2.05, 4.69) is 5.32 Å². The van der Waals surface area contributed by atoms with Crippen LogP contribution in [0.15, 0.2) is 42.5 Å². The molecule has 0 fully saturated rings. The van der Waals surface area contributed by atoms with Gasteiger partial charge in [-0.3, -0.25) is 14.4 Å². The Hall–Kier alpha value is -2.95. The van der Waals surface area contributed by atoms with Crippen LogP contribution >= 0.6 is 0 Å². The van der Waals surface area contributed by atoms with E-state index in [0.717, 1.165) is 24.8 Å². The molecule has 0 radical (unpaired) electrons. The fraction of sp³-hybridized carbons (Fsp3) is 0.318. The van der Waals surface area contributed by atoms with Crippen LogP contribution in [-0.4, -0.2) is 22.8 Å². The van der Waals surface area contributed by atoms with Crippen molar-refractivity contribution in [3.63, 3.8) is 0 Å². The Balaban J connectivity index is 1.48. The van der Waals surface area contributed by atoms with E-state index in [4.69, 9.17) is 5.11 Å². The number of carboxylic acid groups (broad SMARTS) is 1. The van der Waals surface area contributed by atoms with Gasteiger partial charge >= 0.3 is 5.97 Å². The summed E-state index contributed by atoms with van der Waals surface area (Å²) >= 11 is 0. The minimum Gasteiger partial charge on any atom is -0.481 e. The number of carbonyl (C=O) groups is 3. The van der Waals surface area contributed by atoms with Crippen LogP contribution in [0, 0.1) is 0 Å². The third-order valence-corrected chi connectivity index (χ3v) is 4.86. The first-order valence-corrected chi connectivity index (χ1v) is 9.27. The maximum atomic E-state index is 12.3. The number of rotatable bonds is 8. The van der Waals surface area contributed by atoms with Crippen LogP contribution in [0.4, 0.5) is 5.69 Å². The number of carbonyl (C=O) groups excluding carboxylic acids is 2. The highest BCUT2D eigenvalue weighted by molar-refractivity contribution is 6.00. The molecule has 1 aliphatic carbocycles. The normalized spacial score (nSPS) is 12.4. The zero-order valence-electron chi connectivity index (χ0n) is 15.2. The highest BCUT2D eigenvalue weighted by Gasteiger charge is 2.15. The van der Waals surface area contributed by atoms with Crippen LogP contribution in [0.3, 0.4) is 0 Å². The van der Waals surface area contributed by atoms with Crippen molar-refractivity contribution in [3.8, 4) is 0 Å². The first kappa shape index (κ1) is 18.8. The lowest BCUT2D eigenvalue weighted by Gasteiger charge is -2.07. The van der Waals surface area contributed by atoms with Gasteiger partial charge < -0.3 is 10.4 Å². The van der Waals surface area contributed by atoms with Crippen LogP contribution in [0.5, 0.6) is 0 Å². The molecule has 2 aromatic rings. The van der Waals surface area contributed by atoms with E-state index < -0.39 is 5.97 Å². The van der Waals surface area contributed by atoms with E-state index in [9.17, 15) is 14.4 Å². The molecule has 5 heteroatoms. The average Bonchev–Trinajstić information content (AvgIpc) is 3.13. The molecule has 5 nitrogen and oxygen atoms in total. The van der Waals surface area contributed by atoms with Gasteiger partial charge in [0.1, 0.15) is 0 Å². The van der Waals surface area contributed by atoms with Gasteiger partial charge in [0, 0.05) is 30.5 Å². The number of carboxylic acids is 1. The quantitative estimate of drug-likeness (QED) is 0.697. The Morgan fingerprint density at radius 2 is 1.63 bits per heavy atom. The molecular formula is C22H23NO4. The zero-order chi connectivity index (χ0) is 19.2. The predicted octanol–water partition coefficient (Wildman–Crippen LogP) is 3.79. The summed E-state index contributed by atoms with van der Waals surface area (Å²) in [4.78, 5) is 35.0. The highest BCUT2D eigenvalue weighted by atomic mass is 16.4. The second-order valence-corrected chi connectivity index (χ2v) is 6.90. The Kier molecular flexibility index (Phi) is 6.01. The van der Waals surface area contributed by atoms with Crippen LogP contribution in [0.1, 0.15) is 52.7 Å². The molecule has 2 aromatic carbocycles. The lowest BCUT2D eigenvalue weighted by atomic mass is 10.0. The number of aryl methyl sites for hydroxylation is 3. The van der Waals surface area contributed by atoms with Gasteiger partial charge in [-0.2, -0.15) is 0 Å². The highest BCUT2D eigenvalue weighted by Crippen LogP contribution is 2.23. The van der Waals surface area contributed by atoms with E-state index in [1.807, 2.05) is 18.2 Å². The van der Waals surface area contributed by atoms with Crippen molar-refractivity contribution in [2.24, 2.45) is 0 Å². The van der Waals surface area contributed by atoms with Crippen molar-refractivity contribution >= 4 is 23.3 Å². The molecule has 0 atom stereocenters. The van der Waals surface area contributed by atoms with Gasteiger partial charge in [0.05, 0.1) is 0 Å². The van der Waals surface area contributed by atoms with Crippen molar-refractivity contribution in [3.05, 3.63) is 64.7 Å². The van der Waals surface area contributed by atoms with Gasteiger partial charge in [-0.25, -0.2) is 0 Å². The number of amides is 1. The number of aliphatic carboxylic acids is 1. The summed E-state index contributed by atoms with van der Waals surface area (Å²) in [5.41, 5.74) is 4.82. The van der Waals surface area contributed by atoms with Crippen LogP contribution < -0.4 is 5.32 Å². The molecule has 0 saturated carbocycles. The summed E-state index contributed by atoms with van der Waals surface area (Å²) in [5, 5.41) is 11.5. The lowest BCUT2D eigenvalue weighted by Crippen LogP contribution is -2.13. The number of ketones is 1. The van der Waals surface area contributed by atoms with E-state index in [-0.39, 0.29) is 31.0 Å². The summed E-state index contributed by atoms with van der Waals surface area (Å²) in [5.74, 6) is -1.05. The van der Waals surface area contributed by atoms with Gasteiger partial charge in [-0.05, 0) is 60.6 Å². The molecule has 3 rings (SSSR count). The van der Waals surface area contributed by atoms with Crippen molar-refractivity contribution < 1.29 is 19.5 Å². The molecule has 2 N–H and O–H groups in total. The minimum atomic E-state index is -0.833. The minimum absolute atomic E-state index is 0.0103. The molecule has 140 valence electrons. The molecule has 0 unspecified atom stereocenters. The maximum Gasteiger partial charge on any atom is 0.303 e. The van der Waals surface area contributed by atoms with E-state index in [1.54, 1.807) is 24.3 Å². The van der Waals surface area contributed by atoms with E-state index in [0.29, 0.717) is 17.7 Å². The summed E-state index contributed by atoms with van der Waals surface area (Å²) in [6.07, 6.45) is 4.11. The van der Waals surface area contributed by atoms with Crippen molar-refractivity contribution in [2.45, 2.75) is 44.9 Å². The van der Waals surface area contributed by atoms with Gasteiger partial charge in [0.15, 0.2) is 5.78 Å². The van der Waals surface area contributed by atoms with E-state index >= 15 is 0 Å². The number of benzene rings is 2. The number of hydrogen-bond donors (Lipinski definition) is 2. The Bertz CT molecular complexity index is 855. The number of fused-ring (bicyclic) bond motifs is 1. The predicted molar refractivity (Wildman–Crippen MR) is 103 cm³/mol. The average molecular weight is 365 g/mol. The van der Waals surface area contributed by atoms with Crippen molar-refractivity contribution in [2.75, 3.05) is 5.32 Å². The van der Waals surface area contributed by atoms with Crippen LogP contribution in [0.25, 0.3) is 0 Å². The Morgan fingerprint density at radius 3 is 2.37 bits per heavy atom. The first-order chi connectivity index (χ1) is 13.0. The number of nitrogens with one attached hydrogen (secondary N) is 1. The Morgan fingerprint density at radius 1 is 0.889 bits per heavy atom. The smallest absolute Gasteiger partial charge is 0.303 e. The molecular weight excluding hydrogens is 342 g/mol. The SMILES string of the molecule is O=C(O)CCc1ccc(NC(=O)CCC(=O)c2ccc3c(c2)CCC3)cc1. The number of hydrogen-bond acceptors (Lipinski definition) is 3. The lowest BCUT2D eigenvalue weighted by molar-refractivity contribution is -0.137. The fourth-order valence-corrected chi connectivity index (χ4v) is 3.35. The van der Waals surface area contributed by atoms with Gasteiger partial charge in [-0.1, -0.05) is 24.3 Å². The molecule has 1 aliphatic rings. The van der Waals surface area contributed by atoms with Gasteiger partial charge in [0.25, 0.3) is 0 Å². The van der Waals surface area contributed by atoms with Crippen LogP contribution in [0.2, 0.25) is 0 Å². The maximum absolute atomic E-state index is 12.3. The topological polar surface area (TPSA) is 83.5 Å². The molecule has 27 heavy (non-hydrogen) atoms. The van der Waals surface area contributed by atoms with Crippen molar-refractivity contribution in [1.29, 1.82) is 0 Å². The van der Waals surface area contributed by atoms with Crippen LogP contribution in [-0.2, 0) is 28.9 Å². The summed E-state index contributed by atoms with van der Waals surface area (Å²) < 4.78 is 0. The summed E-state index contributed by atoms with van der Waals surface area (Å²) in [6.45, 7) is 0. The molecule has 0 bridgehead atoms. The largest absolute Gasteiger partial charge is 0.481 e. The summed E-state index contributed by atoms with van der Waals surface area (Å²) in [6, 6.07) is 13.0. The molecule has 0 aliphatic heterocycles. The second-order valence-electron chi connectivity index (χ2n) is 6.90. The number of anilines is 1. The molecule has 0 aromatic heterocycles. The molecule has 0 saturated heterocycles. The fourth-order valence-electron chi connectivity index (χ4n) is 3.35.